The van der Waals surface area contributed by atoms with Crippen molar-refractivity contribution in [2.45, 2.75) is 44.0 Å². The number of hydrogen-bond donors (Lipinski definition) is 3. The Morgan fingerprint density at radius 1 is 1.14 bits per heavy atom. The van der Waals surface area contributed by atoms with Crippen LogP contribution in [0.5, 0.6) is 0 Å². The molecule has 3 N–H and O–H groups in total. The number of aryl methyl sites for hydroxylation is 2. The van der Waals surface area contributed by atoms with Crippen LogP contribution in [0.25, 0.3) is 11.4 Å². The fourth-order valence-electron chi connectivity index (χ4n) is 2.83. The Labute approximate surface area is 163 Å². The number of sulfonamides is 1. The van der Waals surface area contributed by atoms with Gasteiger partial charge in [0.1, 0.15) is 5.82 Å². The third-order valence-electron chi connectivity index (χ3n) is 4.50. The summed E-state index contributed by atoms with van der Waals surface area (Å²) in [5.74, 6) is 1.34. The lowest BCUT2D eigenvalue weighted by Crippen LogP contribution is -2.25. The summed E-state index contributed by atoms with van der Waals surface area (Å²) in [5, 5.41) is 3.11. The maximum Gasteiger partial charge on any atom is 0.240 e. The summed E-state index contributed by atoms with van der Waals surface area (Å²) in [7, 11) is -3.45. The summed E-state index contributed by atoms with van der Waals surface area (Å²) in [5.41, 5.74) is 3.21. The minimum atomic E-state index is -3.45. The van der Waals surface area contributed by atoms with Crippen molar-refractivity contribution < 1.29 is 8.42 Å². The third-order valence-corrected chi connectivity index (χ3v) is 6.04. The lowest BCUT2D eigenvalue weighted by Gasteiger charge is -2.08. The number of hydrogen-bond acceptors (Lipinski definition) is 6. The van der Waals surface area contributed by atoms with E-state index in [0.717, 1.165) is 42.2 Å². The van der Waals surface area contributed by atoms with Gasteiger partial charge in [-0.3, -0.25) is 0 Å². The monoisotopic (exact) mass is 398 g/mol. The number of H-pyrrole nitrogens is 1. The molecular formula is C19H22N6O2S. The standard InChI is InChI=1S/C19H22N6O2S/c1-3-17-21-12(2)18(24-17)16-10-11-20-19(23-16)22-13-6-8-15(9-7-13)28(26,27)25-14-4-5-14/h6-11,14,25H,3-5H2,1-2H3,(H,21,24)(H,20,22,23). The summed E-state index contributed by atoms with van der Waals surface area (Å²) in [6, 6.07) is 8.46. The van der Waals surface area contributed by atoms with Gasteiger partial charge in [-0.2, -0.15) is 0 Å². The zero-order valence-corrected chi connectivity index (χ0v) is 16.5. The van der Waals surface area contributed by atoms with Crippen LogP contribution in [0.2, 0.25) is 0 Å². The van der Waals surface area contributed by atoms with E-state index in [9.17, 15) is 8.42 Å². The third kappa shape index (κ3) is 4.05. The van der Waals surface area contributed by atoms with Crippen molar-refractivity contribution in [2.24, 2.45) is 0 Å². The predicted molar refractivity (Wildman–Crippen MR) is 107 cm³/mol. The van der Waals surface area contributed by atoms with Crippen LogP contribution >= 0.6 is 0 Å². The Morgan fingerprint density at radius 2 is 1.89 bits per heavy atom. The van der Waals surface area contributed by atoms with E-state index < -0.39 is 10.0 Å². The molecule has 0 amide bonds. The molecule has 0 bridgehead atoms. The topological polar surface area (TPSA) is 113 Å². The van der Waals surface area contributed by atoms with Gasteiger partial charge in [0.05, 0.1) is 22.0 Å². The van der Waals surface area contributed by atoms with Gasteiger partial charge < -0.3 is 10.3 Å². The molecule has 0 spiro atoms. The summed E-state index contributed by atoms with van der Waals surface area (Å²) < 4.78 is 27.2. The van der Waals surface area contributed by atoms with Crippen molar-refractivity contribution >= 4 is 21.7 Å². The summed E-state index contributed by atoms with van der Waals surface area (Å²) >= 11 is 0. The first-order valence-electron chi connectivity index (χ1n) is 9.23. The van der Waals surface area contributed by atoms with Crippen LogP contribution in [0.4, 0.5) is 11.6 Å². The van der Waals surface area contributed by atoms with Gasteiger partial charge in [0, 0.05) is 24.3 Å². The van der Waals surface area contributed by atoms with Crippen molar-refractivity contribution in [1.82, 2.24) is 24.7 Å². The largest absolute Gasteiger partial charge is 0.341 e. The number of imidazole rings is 1. The molecular weight excluding hydrogens is 376 g/mol. The van der Waals surface area contributed by atoms with E-state index in [1.54, 1.807) is 30.5 Å². The first-order chi connectivity index (χ1) is 13.4. The molecule has 1 saturated carbocycles. The normalized spacial score (nSPS) is 14.2. The van der Waals surface area contributed by atoms with Crippen LogP contribution in [0, 0.1) is 6.92 Å². The molecule has 1 aliphatic rings. The van der Waals surface area contributed by atoms with Crippen LogP contribution in [0.15, 0.2) is 41.4 Å². The average Bonchev–Trinajstić information content (AvgIpc) is 3.40. The van der Waals surface area contributed by atoms with Gasteiger partial charge in [-0.25, -0.2) is 28.1 Å². The maximum absolute atomic E-state index is 12.2. The minimum Gasteiger partial charge on any atom is -0.341 e. The molecule has 0 radical (unpaired) electrons. The number of nitrogens with zero attached hydrogens (tertiary/aromatic N) is 3. The molecule has 0 aliphatic heterocycles. The molecule has 9 heteroatoms. The number of aromatic nitrogens is 4. The van der Waals surface area contributed by atoms with Gasteiger partial charge in [0.2, 0.25) is 16.0 Å². The lowest BCUT2D eigenvalue weighted by molar-refractivity contribution is 0.581. The van der Waals surface area contributed by atoms with Gasteiger partial charge in [-0.05, 0) is 50.1 Å². The highest BCUT2D eigenvalue weighted by molar-refractivity contribution is 7.89. The lowest BCUT2D eigenvalue weighted by atomic mass is 10.2. The average molecular weight is 398 g/mol. The van der Waals surface area contributed by atoms with Crippen LogP contribution in [0.3, 0.4) is 0 Å². The molecule has 1 fully saturated rings. The van der Waals surface area contributed by atoms with E-state index >= 15 is 0 Å². The number of nitrogens with one attached hydrogen (secondary N) is 3. The van der Waals surface area contributed by atoms with E-state index in [1.165, 1.54) is 0 Å². The van der Waals surface area contributed by atoms with Gasteiger partial charge in [0.15, 0.2) is 0 Å². The molecule has 4 rings (SSSR count). The molecule has 146 valence electrons. The predicted octanol–water partition coefficient (Wildman–Crippen LogP) is 2.92. The van der Waals surface area contributed by atoms with E-state index in [1.807, 2.05) is 19.9 Å². The zero-order chi connectivity index (χ0) is 19.7. The summed E-state index contributed by atoms with van der Waals surface area (Å²) in [6.07, 6.45) is 4.31. The Kier molecular flexibility index (Phi) is 4.86. The number of anilines is 2. The first-order valence-corrected chi connectivity index (χ1v) is 10.7. The fourth-order valence-corrected chi connectivity index (χ4v) is 4.14. The number of aromatic amines is 1. The summed E-state index contributed by atoms with van der Waals surface area (Å²) in [6.45, 7) is 3.98. The van der Waals surface area contributed by atoms with Crippen LogP contribution in [-0.4, -0.2) is 34.4 Å². The van der Waals surface area contributed by atoms with Crippen LogP contribution in [0.1, 0.15) is 31.3 Å². The van der Waals surface area contributed by atoms with Gasteiger partial charge in [-0.1, -0.05) is 6.92 Å². The van der Waals surface area contributed by atoms with E-state index in [-0.39, 0.29) is 10.9 Å². The van der Waals surface area contributed by atoms with Gasteiger partial charge >= 0.3 is 0 Å². The van der Waals surface area contributed by atoms with Crippen molar-refractivity contribution in [3.05, 3.63) is 48.0 Å². The second-order valence-electron chi connectivity index (χ2n) is 6.81. The molecule has 0 atom stereocenters. The SMILES string of the molecule is CCc1nc(C)c(-c2ccnc(Nc3ccc(S(=O)(=O)NC4CC4)cc3)n2)[nH]1. The second-order valence-corrected chi connectivity index (χ2v) is 8.52. The smallest absolute Gasteiger partial charge is 0.240 e. The molecule has 28 heavy (non-hydrogen) atoms. The Hall–Kier alpha value is -2.78. The summed E-state index contributed by atoms with van der Waals surface area (Å²) in [4.78, 5) is 16.8. The molecule has 3 aromatic rings. The van der Waals surface area contributed by atoms with E-state index in [0.29, 0.717) is 11.6 Å². The number of benzene rings is 1. The molecule has 2 heterocycles. The van der Waals surface area contributed by atoms with Crippen LogP contribution in [-0.2, 0) is 16.4 Å². The number of rotatable bonds is 7. The van der Waals surface area contributed by atoms with Crippen molar-refractivity contribution in [2.75, 3.05) is 5.32 Å². The van der Waals surface area contributed by atoms with Gasteiger partial charge in [0.25, 0.3) is 0 Å². The van der Waals surface area contributed by atoms with Crippen molar-refractivity contribution in [3.8, 4) is 11.4 Å². The van der Waals surface area contributed by atoms with Crippen molar-refractivity contribution in [1.29, 1.82) is 0 Å². The van der Waals surface area contributed by atoms with E-state index in [2.05, 4.69) is 30.0 Å². The molecule has 1 aliphatic carbocycles. The molecule has 1 aromatic carbocycles. The maximum atomic E-state index is 12.2. The zero-order valence-electron chi connectivity index (χ0n) is 15.7. The first kappa shape index (κ1) is 18.6. The fraction of sp³-hybridized carbons (Fsp3) is 0.316. The Morgan fingerprint density at radius 3 is 2.54 bits per heavy atom. The highest BCUT2D eigenvalue weighted by Crippen LogP contribution is 2.24. The molecule has 2 aromatic heterocycles. The Bertz CT molecular complexity index is 1090. The van der Waals surface area contributed by atoms with Crippen LogP contribution < -0.4 is 10.0 Å². The van der Waals surface area contributed by atoms with E-state index in [4.69, 9.17) is 0 Å². The molecule has 0 saturated heterocycles. The van der Waals surface area contributed by atoms with Crippen molar-refractivity contribution in [3.63, 3.8) is 0 Å². The second kappa shape index (κ2) is 7.33. The highest BCUT2D eigenvalue weighted by Gasteiger charge is 2.27. The van der Waals surface area contributed by atoms with Gasteiger partial charge in [-0.15, -0.1) is 0 Å². The quantitative estimate of drug-likeness (QED) is 0.564. The molecule has 8 nitrogen and oxygen atoms in total. The highest BCUT2D eigenvalue weighted by atomic mass is 32.2. The minimum absolute atomic E-state index is 0.0816. The Balaban J connectivity index is 1.52. The molecule has 0 unspecified atom stereocenters.